The first kappa shape index (κ1) is 18.2. The number of likely N-dealkylation sites (tertiary alicyclic amines) is 1. The maximum atomic E-state index is 12.0. The van der Waals surface area contributed by atoms with Crippen molar-refractivity contribution in [3.8, 4) is 0 Å². The number of benzene rings is 1. The molecule has 2 aromatic rings. The first-order valence-electron chi connectivity index (χ1n) is 8.75. The van der Waals surface area contributed by atoms with Gasteiger partial charge in [-0.1, -0.05) is 30.3 Å². The zero-order chi connectivity index (χ0) is 17.5. The van der Waals surface area contributed by atoms with Gasteiger partial charge in [0.25, 0.3) is 0 Å². The van der Waals surface area contributed by atoms with Crippen molar-refractivity contribution in [3.05, 3.63) is 24.3 Å². The van der Waals surface area contributed by atoms with Crippen molar-refractivity contribution in [3.63, 3.8) is 0 Å². The van der Waals surface area contributed by atoms with Gasteiger partial charge in [0, 0.05) is 26.1 Å². The van der Waals surface area contributed by atoms with E-state index < -0.39 is 0 Å². The highest BCUT2D eigenvalue weighted by Crippen LogP contribution is 2.28. The number of nitrogens with zero attached hydrogens (tertiary/aromatic N) is 2. The first-order valence-corrected chi connectivity index (χ1v) is 10.6. The fraction of sp³-hybridized carbons (Fsp3) is 0.500. The summed E-state index contributed by atoms with van der Waals surface area (Å²) in [6.45, 7) is 2.22. The van der Waals surface area contributed by atoms with Gasteiger partial charge in [-0.3, -0.25) is 9.59 Å². The van der Waals surface area contributed by atoms with E-state index in [4.69, 9.17) is 0 Å². The summed E-state index contributed by atoms with van der Waals surface area (Å²) in [6.07, 6.45) is 4.72. The average Bonchev–Trinajstić information content (AvgIpc) is 2.93. The maximum Gasteiger partial charge on any atom is 0.230 e. The van der Waals surface area contributed by atoms with Crippen LogP contribution in [0, 0.1) is 0 Å². The van der Waals surface area contributed by atoms with Crippen molar-refractivity contribution >= 4 is 45.1 Å². The van der Waals surface area contributed by atoms with Crippen LogP contribution in [-0.2, 0) is 9.59 Å². The average molecular weight is 378 g/mol. The molecule has 2 heterocycles. The molecule has 3 rings (SSSR count). The lowest BCUT2D eigenvalue weighted by atomic mass is 10.2. The zero-order valence-corrected chi connectivity index (χ0v) is 15.8. The molecule has 0 saturated carbocycles. The highest BCUT2D eigenvalue weighted by Gasteiger charge is 2.15. The first-order chi connectivity index (χ1) is 12.2. The van der Waals surface area contributed by atoms with Gasteiger partial charge >= 0.3 is 0 Å². The molecule has 7 heteroatoms. The van der Waals surface area contributed by atoms with E-state index in [0.29, 0.717) is 18.7 Å². The Kier molecular flexibility index (Phi) is 6.69. The van der Waals surface area contributed by atoms with Crippen molar-refractivity contribution in [2.75, 3.05) is 25.4 Å². The summed E-state index contributed by atoms with van der Waals surface area (Å²) >= 11 is 3.09. The van der Waals surface area contributed by atoms with Gasteiger partial charge in [-0.2, -0.15) is 0 Å². The van der Waals surface area contributed by atoms with Crippen LogP contribution >= 0.6 is 23.1 Å². The topological polar surface area (TPSA) is 62.3 Å². The van der Waals surface area contributed by atoms with Gasteiger partial charge in [-0.15, -0.1) is 11.3 Å². The lowest BCUT2D eigenvalue weighted by Crippen LogP contribution is -2.34. The number of hydrogen-bond donors (Lipinski definition) is 1. The van der Waals surface area contributed by atoms with Crippen LogP contribution in [0.25, 0.3) is 10.2 Å². The van der Waals surface area contributed by atoms with E-state index in [1.54, 1.807) is 11.3 Å². The molecule has 0 unspecified atom stereocenters. The number of hydrogen-bond acceptors (Lipinski definition) is 5. The molecule has 0 aliphatic carbocycles. The molecule has 25 heavy (non-hydrogen) atoms. The number of amides is 2. The highest BCUT2D eigenvalue weighted by atomic mass is 32.2. The minimum Gasteiger partial charge on any atom is -0.355 e. The number of aromatic nitrogens is 1. The summed E-state index contributed by atoms with van der Waals surface area (Å²) in [5.41, 5.74) is 0.984. The van der Waals surface area contributed by atoms with Crippen LogP contribution in [0.4, 0.5) is 0 Å². The largest absolute Gasteiger partial charge is 0.355 e. The Hall–Kier alpha value is -1.60. The van der Waals surface area contributed by atoms with Crippen molar-refractivity contribution < 1.29 is 9.59 Å². The van der Waals surface area contributed by atoms with Crippen LogP contribution in [0.15, 0.2) is 28.6 Å². The number of carbonyl (C=O) groups excluding carboxylic acids is 2. The molecule has 0 bridgehead atoms. The Labute approximate surface area is 156 Å². The Bertz CT molecular complexity index is 699. The molecule has 0 atom stereocenters. The summed E-state index contributed by atoms with van der Waals surface area (Å²) < 4.78 is 2.07. The van der Waals surface area contributed by atoms with Crippen molar-refractivity contribution in [2.24, 2.45) is 0 Å². The Morgan fingerprint density at radius 1 is 1.28 bits per heavy atom. The van der Waals surface area contributed by atoms with E-state index in [9.17, 15) is 9.59 Å². The van der Waals surface area contributed by atoms with Crippen LogP contribution in [0.1, 0.15) is 32.1 Å². The monoisotopic (exact) mass is 377 g/mol. The van der Waals surface area contributed by atoms with Gasteiger partial charge in [-0.25, -0.2) is 4.98 Å². The molecular formula is C18H23N3O2S2. The van der Waals surface area contributed by atoms with Gasteiger partial charge < -0.3 is 10.2 Å². The van der Waals surface area contributed by atoms with Gasteiger partial charge in [0.05, 0.1) is 16.0 Å². The van der Waals surface area contributed by atoms with Gasteiger partial charge in [-0.05, 0) is 31.4 Å². The Morgan fingerprint density at radius 2 is 2.16 bits per heavy atom. The van der Waals surface area contributed by atoms with E-state index in [0.717, 1.165) is 53.3 Å². The number of fused-ring (bicyclic) bond motifs is 1. The standard InChI is InChI=1S/C18H23N3O2S2/c22-16(13-24-18-20-14-7-3-4-8-15(14)25-18)19-10-6-12-21-11-5-1-2-9-17(21)23/h3-4,7-8H,1-2,5-6,9-13H2,(H,19,22). The predicted molar refractivity (Wildman–Crippen MR) is 103 cm³/mol. The number of thioether (sulfide) groups is 1. The van der Waals surface area contributed by atoms with E-state index in [1.165, 1.54) is 11.8 Å². The molecular weight excluding hydrogens is 354 g/mol. The highest BCUT2D eigenvalue weighted by molar-refractivity contribution is 8.01. The van der Waals surface area contributed by atoms with Crippen LogP contribution < -0.4 is 5.32 Å². The predicted octanol–water partition coefficient (Wildman–Crippen LogP) is 3.30. The summed E-state index contributed by atoms with van der Waals surface area (Å²) in [4.78, 5) is 30.3. The van der Waals surface area contributed by atoms with Crippen LogP contribution in [0.3, 0.4) is 0 Å². The number of carbonyl (C=O) groups is 2. The van der Waals surface area contributed by atoms with E-state index in [1.807, 2.05) is 29.2 Å². The molecule has 1 aliphatic heterocycles. The van der Waals surface area contributed by atoms with Crippen LogP contribution in [-0.4, -0.2) is 47.1 Å². The lowest BCUT2D eigenvalue weighted by Gasteiger charge is -2.20. The molecule has 1 saturated heterocycles. The van der Waals surface area contributed by atoms with E-state index in [-0.39, 0.29) is 11.8 Å². The molecule has 134 valence electrons. The van der Waals surface area contributed by atoms with Gasteiger partial charge in [0.15, 0.2) is 4.34 Å². The molecule has 5 nitrogen and oxygen atoms in total. The third kappa shape index (κ3) is 5.44. The third-order valence-electron chi connectivity index (χ3n) is 4.20. The normalized spacial score (nSPS) is 15.4. The lowest BCUT2D eigenvalue weighted by molar-refractivity contribution is -0.130. The Balaban J connectivity index is 1.34. The quantitative estimate of drug-likeness (QED) is 0.594. The number of thiazole rings is 1. The van der Waals surface area contributed by atoms with Gasteiger partial charge in [0.1, 0.15) is 0 Å². The number of para-hydroxylation sites is 1. The van der Waals surface area contributed by atoms with E-state index in [2.05, 4.69) is 10.3 Å². The minimum atomic E-state index is 0.0199. The maximum absolute atomic E-state index is 12.0. The summed E-state index contributed by atoms with van der Waals surface area (Å²) in [7, 11) is 0. The molecule has 1 fully saturated rings. The molecule has 0 spiro atoms. The van der Waals surface area contributed by atoms with E-state index >= 15 is 0 Å². The summed E-state index contributed by atoms with van der Waals surface area (Å²) in [5.74, 6) is 0.657. The van der Waals surface area contributed by atoms with Crippen LogP contribution in [0.5, 0.6) is 0 Å². The molecule has 1 N–H and O–H groups in total. The Morgan fingerprint density at radius 3 is 3.04 bits per heavy atom. The second kappa shape index (κ2) is 9.20. The third-order valence-corrected chi connectivity index (χ3v) is 6.38. The summed E-state index contributed by atoms with van der Waals surface area (Å²) in [5, 5.41) is 2.94. The second-order valence-corrected chi connectivity index (χ2v) is 8.38. The molecule has 0 radical (unpaired) electrons. The fourth-order valence-corrected chi connectivity index (χ4v) is 4.76. The second-order valence-electron chi connectivity index (χ2n) is 6.13. The van der Waals surface area contributed by atoms with Crippen molar-refractivity contribution in [2.45, 2.75) is 36.4 Å². The SMILES string of the molecule is O=C(CSc1nc2ccccc2s1)NCCCN1CCCCCC1=O. The van der Waals surface area contributed by atoms with Crippen LogP contribution in [0.2, 0.25) is 0 Å². The smallest absolute Gasteiger partial charge is 0.230 e. The molecule has 1 aromatic carbocycles. The van der Waals surface area contributed by atoms with Gasteiger partial charge in [0.2, 0.25) is 11.8 Å². The fourth-order valence-electron chi connectivity index (χ4n) is 2.86. The molecule has 1 aromatic heterocycles. The molecule has 1 aliphatic rings. The molecule has 2 amide bonds. The summed E-state index contributed by atoms with van der Waals surface area (Å²) in [6, 6.07) is 8.00. The van der Waals surface area contributed by atoms with Crippen molar-refractivity contribution in [1.82, 2.24) is 15.2 Å². The van der Waals surface area contributed by atoms with Crippen molar-refractivity contribution in [1.29, 1.82) is 0 Å². The number of nitrogens with one attached hydrogen (secondary N) is 1. The minimum absolute atomic E-state index is 0.0199. The zero-order valence-electron chi connectivity index (χ0n) is 14.2. The number of rotatable bonds is 7.